The Bertz CT molecular complexity index is 674. The summed E-state index contributed by atoms with van der Waals surface area (Å²) in [5, 5.41) is 2.71. The van der Waals surface area contributed by atoms with Crippen LogP contribution in [0, 0.1) is 0 Å². The number of carbonyl (C=O) groups excluding carboxylic acids is 2. The van der Waals surface area contributed by atoms with Gasteiger partial charge >= 0.3 is 5.97 Å². The lowest BCUT2D eigenvalue weighted by molar-refractivity contribution is -0.145. The number of methoxy groups -OCH3 is 1. The summed E-state index contributed by atoms with van der Waals surface area (Å²) < 4.78 is 4.80. The minimum Gasteiger partial charge on any atom is -0.467 e. The van der Waals surface area contributed by atoms with E-state index in [4.69, 9.17) is 10.5 Å². The van der Waals surface area contributed by atoms with Crippen molar-refractivity contribution >= 4 is 11.9 Å². The second-order valence-electron chi connectivity index (χ2n) is 5.90. The smallest absolute Gasteiger partial charge is 0.328 e. The number of rotatable bonds is 8. The van der Waals surface area contributed by atoms with E-state index >= 15 is 0 Å². The molecule has 0 aliphatic rings. The van der Waals surface area contributed by atoms with Crippen molar-refractivity contribution in [2.45, 2.75) is 31.3 Å². The number of aryl methyl sites for hydroxylation is 1. The van der Waals surface area contributed by atoms with Gasteiger partial charge in [-0.05, 0) is 24.0 Å². The van der Waals surface area contributed by atoms with Gasteiger partial charge < -0.3 is 15.8 Å². The number of hydrogen-bond donors (Lipinski definition) is 2. The molecule has 25 heavy (non-hydrogen) atoms. The Labute approximate surface area is 148 Å². The van der Waals surface area contributed by atoms with Crippen molar-refractivity contribution in [3.63, 3.8) is 0 Å². The van der Waals surface area contributed by atoms with Crippen LogP contribution in [0.3, 0.4) is 0 Å². The first kappa shape index (κ1) is 18.7. The summed E-state index contributed by atoms with van der Waals surface area (Å²) in [6.45, 7) is 0. The molecule has 0 fully saturated rings. The highest BCUT2D eigenvalue weighted by Crippen LogP contribution is 2.07. The number of hydrogen-bond acceptors (Lipinski definition) is 4. The zero-order valence-electron chi connectivity index (χ0n) is 14.4. The van der Waals surface area contributed by atoms with E-state index in [1.807, 2.05) is 60.7 Å². The molecular weight excluding hydrogens is 316 g/mol. The number of ether oxygens (including phenoxy) is 1. The molecule has 0 saturated carbocycles. The fraction of sp³-hybridized carbons (Fsp3) is 0.300. The average Bonchev–Trinajstić information content (AvgIpc) is 2.66. The molecule has 2 aromatic rings. The molecule has 0 aliphatic heterocycles. The van der Waals surface area contributed by atoms with E-state index in [2.05, 4.69) is 5.32 Å². The van der Waals surface area contributed by atoms with Gasteiger partial charge in [-0.3, -0.25) is 4.79 Å². The quantitative estimate of drug-likeness (QED) is 0.719. The molecule has 2 aromatic carbocycles. The van der Waals surface area contributed by atoms with Crippen molar-refractivity contribution in [2.75, 3.05) is 7.11 Å². The van der Waals surface area contributed by atoms with Gasteiger partial charge in [0.15, 0.2) is 0 Å². The van der Waals surface area contributed by atoms with E-state index in [0.29, 0.717) is 19.3 Å². The van der Waals surface area contributed by atoms with Crippen molar-refractivity contribution in [1.29, 1.82) is 0 Å². The van der Waals surface area contributed by atoms with E-state index in [1.165, 1.54) is 7.11 Å². The molecule has 2 atom stereocenters. The van der Waals surface area contributed by atoms with Crippen molar-refractivity contribution < 1.29 is 14.3 Å². The Hall–Kier alpha value is -2.66. The van der Waals surface area contributed by atoms with E-state index < -0.39 is 18.1 Å². The third kappa shape index (κ3) is 6.04. The monoisotopic (exact) mass is 340 g/mol. The molecule has 5 nitrogen and oxygen atoms in total. The summed E-state index contributed by atoms with van der Waals surface area (Å²) in [5.41, 5.74) is 8.05. The zero-order chi connectivity index (χ0) is 18.1. The Morgan fingerprint density at radius 3 is 2.12 bits per heavy atom. The standard InChI is InChI=1S/C20H24N2O3/c1-25-20(24)18(14-16-10-6-3-7-11-16)22-19(23)17(21)13-12-15-8-4-2-5-9-15/h2-11,17-18H,12-14,21H2,1H3,(H,22,23)/t17-,18+/m0/s1. The largest absolute Gasteiger partial charge is 0.467 e. The summed E-state index contributed by atoms with van der Waals surface area (Å²) in [5.74, 6) is -0.824. The third-order valence-corrected chi connectivity index (χ3v) is 4.01. The van der Waals surface area contributed by atoms with Crippen LogP contribution in [0.4, 0.5) is 0 Å². The lowest BCUT2D eigenvalue weighted by Crippen LogP contribution is -2.49. The van der Waals surface area contributed by atoms with Crippen LogP contribution in [0.5, 0.6) is 0 Å². The Balaban J connectivity index is 1.92. The summed E-state index contributed by atoms with van der Waals surface area (Å²) in [6.07, 6.45) is 1.58. The van der Waals surface area contributed by atoms with Gasteiger partial charge in [0, 0.05) is 6.42 Å². The molecule has 0 radical (unpaired) electrons. The van der Waals surface area contributed by atoms with Gasteiger partial charge in [-0.15, -0.1) is 0 Å². The average molecular weight is 340 g/mol. The van der Waals surface area contributed by atoms with Gasteiger partial charge in [-0.1, -0.05) is 60.7 Å². The van der Waals surface area contributed by atoms with Gasteiger partial charge in [0.05, 0.1) is 13.2 Å². The molecule has 0 heterocycles. The number of nitrogens with one attached hydrogen (secondary N) is 1. The van der Waals surface area contributed by atoms with E-state index in [9.17, 15) is 9.59 Å². The van der Waals surface area contributed by atoms with Crippen LogP contribution in [-0.4, -0.2) is 31.1 Å². The molecule has 5 heteroatoms. The first-order valence-electron chi connectivity index (χ1n) is 8.31. The van der Waals surface area contributed by atoms with Crippen molar-refractivity contribution in [3.05, 3.63) is 71.8 Å². The van der Waals surface area contributed by atoms with Crippen molar-refractivity contribution in [1.82, 2.24) is 5.32 Å². The normalized spacial score (nSPS) is 12.9. The van der Waals surface area contributed by atoms with Crippen LogP contribution < -0.4 is 11.1 Å². The number of nitrogens with two attached hydrogens (primary N) is 1. The first-order chi connectivity index (χ1) is 12.1. The van der Waals surface area contributed by atoms with Crippen LogP contribution in [0.1, 0.15) is 17.5 Å². The van der Waals surface area contributed by atoms with Crippen LogP contribution in [-0.2, 0) is 27.2 Å². The van der Waals surface area contributed by atoms with Crippen LogP contribution in [0.2, 0.25) is 0 Å². The summed E-state index contributed by atoms with van der Waals surface area (Å²) in [6, 6.07) is 17.9. The predicted octanol–water partition coefficient (Wildman–Crippen LogP) is 1.85. The summed E-state index contributed by atoms with van der Waals surface area (Å²) in [7, 11) is 1.31. The molecule has 0 aromatic heterocycles. The van der Waals surface area contributed by atoms with Crippen LogP contribution >= 0.6 is 0 Å². The lowest BCUT2D eigenvalue weighted by atomic mass is 10.0. The molecule has 3 N–H and O–H groups in total. The van der Waals surface area contributed by atoms with Crippen molar-refractivity contribution in [3.8, 4) is 0 Å². The van der Waals surface area contributed by atoms with E-state index in [0.717, 1.165) is 11.1 Å². The molecule has 0 bridgehead atoms. The fourth-order valence-corrected chi connectivity index (χ4v) is 2.56. The molecular formula is C20H24N2O3. The maximum atomic E-state index is 12.3. The highest BCUT2D eigenvalue weighted by atomic mass is 16.5. The SMILES string of the molecule is COC(=O)[C@@H](Cc1ccccc1)NC(=O)[C@@H](N)CCc1ccccc1. The zero-order valence-corrected chi connectivity index (χ0v) is 14.4. The fourth-order valence-electron chi connectivity index (χ4n) is 2.56. The number of amides is 1. The molecule has 2 rings (SSSR count). The highest BCUT2D eigenvalue weighted by Gasteiger charge is 2.24. The van der Waals surface area contributed by atoms with Gasteiger partial charge in [0.25, 0.3) is 0 Å². The van der Waals surface area contributed by atoms with Crippen LogP contribution in [0.25, 0.3) is 0 Å². The number of esters is 1. The third-order valence-electron chi connectivity index (χ3n) is 4.01. The predicted molar refractivity (Wildman–Crippen MR) is 96.8 cm³/mol. The molecule has 1 amide bonds. The lowest BCUT2D eigenvalue weighted by Gasteiger charge is -2.19. The molecule has 0 unspecified atom stereocenters. The highest BCUT2D eigenvalue weighted by molar-refractivity contribution is 5.87. The van der Waals surface area contributed by atoms with Gasteiger partial charge in [-0.2, -0.15) is 0 Å². The van der Waals surface area contributed by atoms with Crippen molar-refractivity contribution in [2.24, 2.45) is 5.73 Å². The number of carbonyl (C=O) groups is 2. The van der Waals surface area contributed by atoms with E-state index in [-0.39, 0.29) is 5.91 Å². The topological polar surface area (TPSA) is 81.4 Å². The molecule has 0 aliphatic carbocycles. The second-order valence-corrected chi connectivity index (χ2v) is 5.90. The maximum Gasteiger partial charge on any atom is 0.328 e. The first-order valence-corrected chi connectivity index (χ1v) is 8.31. The van der Waals surface area contributed by atoms with E-state index in [1.54, 1.807) is 0 Å². The minimum absolute atomic E-state index is 0.345. The Kier molecular flexibility index (Phi) is 7.16. The summed E-state index contributed by atoms with van der Waals surface area (Å²) in [4.78, 5) is 24.3. The molecule has 0 saturated heterocycles. The second kappa shape index (κ2) is 9.59. The molecule has 0 spiro atoms. The number of benzene rings is 2. The molecule has 132 valence electrons. The Morgan fingerprint density at radius 2 is 1.56 bits per heavy atom. The minimum atomic E-state index is -0.748. The summed E-state index contributed by atoms with van der Waals surface area (Å²) >= 11 is 0. The Morgan fingerprint density at radius 1 is 1.00 bits per heavy atom. The van der Waals surface area contributed by atoms with Gasteiger partial charge in [-0.25, -0.2) is 4.79 Å². The van der Waals surface area contributed by atoms with Gasteiger partial charge in [0.2, 0.25) is 5.91 Å². The maximum absolute atomic E-state index is 12.3. The van der Waals surface area contributed by atoms with Gasteiger partial charge in [0.1, 0.15) is 6.04 Å². The van der Waals surface area contributed by atoms with Crippen LogP contribution in [0.15, 0.2) is 60.7 Å².